The molecule has 102 valence electrons. The lowest BCUT2D eigenvalue weighted by molar-refractivity contribution is -0.384. The monoisotopic (exact) mass is 294 g/mol. The summed E-state index contributed by atoms with van der Waals surface area (Å²) in [5.41, 5.74) is -1.20. The maximum absolute atomic E-state index is 11.1. The quantitative estimate of drug-likeness (QED) is 0.513. The van der Waals surface area contributed by atoms with Crippen LogP contribution in [0.3, 0.4) is 0 Å². The second kappa shape index (κ2) is 5.49. The van der Waals surface area contributed by atoms with Gasteiger partial charge in [0.1, 0.15) is 5.69 Å². The Morgan fingerprint density at radius 2 is 1.95 bits per heavy atom. The van der Waals surface area contributed by atoms with Gasteiger partial charge in [0.15, 0.2) is 5.69 Å². The predicted octanol–water partition coefficient (Wildman–Crippen LogP) is 3.06. The van der Waals surface area contributed by atoms with Crippen LogP contribution >= 0.6 is 11.6 Å². The van der Waals surface area contributed by atoms with Crippen molar-refractivity contribution in [2.75, 3.05) is 0 Å². The van der Waals surface area contributed by atoms with E-state index in [9.17, 15) is 20.0 Å². The van der Waals surface area contributed by atoms with Gasteiger partial charge in [0.05, 0.1) is 4.92 Å². The molecule has 1 heterocycles. The van der Waals surface area contributed by atoms with Gasteiger partial charge in [-0.2, -0.15) is 0 Å². The number of aromatic amines is 1. The van der Waals surface area contributed by atoms with E-state index in [0.717, 1.165) is 6.07 Å². The smallest absolute Gasteiger partial charge is 0.298 e. The van der Waals surface area contributed by atoms with Crippen LogP contribution in [-0.2, 0) is 0 Å². The van der Waals surface area contributed by atoms with E-state index in [-0.39, 0.29) is 22.1 Å². The minimum absolute atomic E-state index is 0.0425. The van der Waals surface area contributed by atoms with E-state index in [1.165, 1.54) is 24.4 Å². The molecule has 0 aliphatic rings. The van der Waals surface area contributed by atoms with Crippen LogP contribution in [0.2, 0.25) is 5.02 Å². The summed E-state index contributed by atoms with van der Waals surface area (Å²) in [6.07, 6.45) is 1.27. The molecule has 8 nitrogen and oxygen atoms in total. The number of pyridine rings is 1. The number of nitrogens with one attached hydrogen (secondary N) is 1. The van der Waals surface area contributed by atoms with Gasteiger partial charge in [-0.1, -0.05) is 11.6 Å². The van der Waals surface area contributed by atoms with E-state index < -0.39 is 16.2 Å². The highest BCUT2D eigenvalue weighted by Gasteiger charge is 2.14. The summed E-state index contributed by atoms with van der Waals surface area (Å²) in [5.74, 6) is -0.618. The first-order valence-electron chi connectivity index (χ1n) is 5.25. The lowest BCUT2D eigenvalue weighted by Crippen LogP contribution is -2.02. The molecule has 0 aliphatic carbocycles. The molecule has 0 amide bonds. The topological polar surface area (TPSA) is 121 Å². The molecule has 0 atom stereocenters. The summed E-state index contributed by atoms with van der Waals surface area (Å²) < 4.78 is 0. The summed E-state index contributed by atoms with van der Waals surface area (Å²) in [6, 6.07) is 5.17. The summed E-state index contributed by atoms with van der Waals surface area (Å²) in [5, 5.41) is 27.8. The number of rotatable bonds is 3. The van der Waals surface area contributed by atoms with Gasteiger partial charge in [0, 0.05) is 17.3 Å². The molecule has 0 aliphatic heterocycles. The van der Waals surface area contributed by atoms with Gasteiger partial charge in [0.25, 0.3) is 11.2 Å². The maximum Gasteiger partial charge on any atom is 0.298 e. The molecule has 2 N–H and O–H groups in total. The number of benzene rings is 1. The predicted molar refractivity (Wildman–Crippen MR) is 71.0 cm³/mol. The fraction of sp³-hybridized carbons (Fsp3) is 0. The highest BCUT2D eigenvalue weighted by atomic mass is 35.5. The zero-order chi connectivity index (χ0) is 14.7. The Bertz CT molecular complexity index is 756. The van der Waals surface area contributed by atoms with Crippen LogP contribution in [0.15, 0.2) is 45.5 Å². The Hall–Kier alpha value is -2.74. The van der Waals surface area contributed by atoms with E-state index in [4.69, 9.17) is 11.6 Å². The van der Waals surface area contributed by atoms with Crippen LogP contribution in [0.1, 0.15) is 0 Å². The first kappa shape index (κ1) is 13.7. The average Bonchev–Trinajstić information content (AvgIpc) is 2.41. The molecule has 0 bridgehead atoms. The molecule has 0 saturated heterocycles. The van der Waals surface area contributed by atoms with Crippen molar-refractivity contribution in [1.82, 2.24) is 4.98 Å². The minimum atomic E-state index is -0.730. The number of hydrogen-bond acceptors (Lipinski definition) is 6. The fourth-order valence-corrected chi connectivity index (χ4v) is 1.54. The summed E-state index contributed by atoms with van der Waals surface area (Å²) in [4.78, 5) is 23.6. The van der Waals surface area contributed by atoms with E-state index in [1.54, 1.807) is 0 Å². The van der Waals surface area contributed by atoms with Gasteiger partial charge in [-0.05, 0) is 18.2 Å². The van der Waals surface area contributed by atoms with Crippen molar-refractivity contribution in [3.63, 3.8) is 0 Å². The average molecular weight is 295 g/mol. The fourth-order valence-electron chi connectivity index (χ4n) is 1.38. The number of nitrogens with zero attached hydrogens (tertiary/aromatic N) is 3. The van der Waals surface area contributed by atoms with E-state index in [0.29, 0.717) is 0 Å². The van der Waals surface area contributed by atoms with Crippen LogP contribution in [-0.4, -0.2) is 15.0 Å². The van der Waals surface area contributed by atoms with Crippen LogP contribution in [0.5, 0.6) is 5.75 Å². The van der Waals surface area contributed by atoms with Gasteiger partial charge in [-0.3, -0.25) is 14.9 Å². The Morgan fingerprint density at radius 3 is 2.65 bits per heavy atom. The van der Waals surface area contributed by atoms with Crippen molar-refractivity contribution < 1.29 is 10.0 Å². The van der Waals surface area contributed by atoms with E-state index in [2.05, 4.69) is 15.2 Å². The third kappa shape index (κ3) is 2.81. The summed E-state index contributed by atoms with van der Waals surface area (Å²) in [6.45, 7) is 0. The Kier molecular flexibility index (Phi) is 3.76. The maximum atomic E-state index is 11.1. The van der Waals surface area contributed by atoms with Crippen LogP contribution in [0.25, 0.3) is 0 Å². The molecule has 1 aromatic carbocycles. The van der Waals surface area contributed by atoms with Gasteiger partial charge >= 0.3 is 0 Å². The first-order valence-corrected chi connectivity index (χ1v) is 5.63. The molecule has 20 heavy (non-hydrogen) atoms. The van der Waals surface area contributed by atoms with Crippen molar-refractivity contribution in [2.45, 2.75) is 0 Å². The van der Waals surface area contributed by atoms with Crippen molar-refractivity contribution in [2.24, 2.45) is 10.2 Å². The zero-order valence-corrected chi connectivity index (χ0v) is 10.5. The molecule has 9 heteroatoms. The summed E-state index contributed by atoms with van der Waals surface area (Å²) >= 11 is 5.66. The molecular formula is C11H7ClN4O4. The number of nitro groups is 1. The van der Waals surface area contributed by atoms with Gasteiger partial charge < -0.3 is 10.1 Å². The SMILES string of the molecule is O=c1[nH]ccc(N=Nc2ccc(Cl)cc2[N+](=O)[O-])c1O. The van der Waals surface area contributed by atoms with E-state index >= 15 is 0 Å². The molecule has 0 unspecified atom stereocenters. The number of hydrogen-bond donors (Lipinski definition) is 2. The van der Waals surface area contributed by atoms with Gasteiger partial charge in [-0.15, -0.1) is 10.2 Å². The molecule has 2 aromatic rings. The van der Waals surface area contributed by atoms with Gasteiger partial charge in [0.2, 0.25) is 5.75 Å². The number of aromatic hydroxyl groups is 1. The molecule has 2 rings (SSSR count). The van der Waals surface area contributed by atoms with Crippen molar-refractivity contribution in [3.05, 3.63) is 56.0 Å². The van der Waals surface area contributed by atoms with Gasteiger partial charge in [-0.25, -0.2) is 0 Å². The lowest BCUT2D eigenvalue weighted by Gasteiger charge is -1.98. The molecule has 1 aromatic heterocycles. The van der Waals surface area contributed by atoms with Crippen LogP contribution in [0.4, 0.5) is 17.1 Å². The second-order valence-corrected chi connectivity index (χ2v) is 4.07. The minimum Gasteiger partial charge on any atom is -0.501 e. The largest absolute Gasteiger partial charge is 0.501 e. The normalized spacial score (nSPS) is 10.8. The summed E-state index contributed by atoms with van der Waals surface area (Å²) in [7, 11) is 0. The second-order valence-electron chi connectivity index (χ2n) is 3.63. The van der Waals surface area contributed by atoms with Crippen molar-refractivity contribution >= 4 is 28.7 Å². The number of H-pyrrole nitrogens is 1. The molecule has 0 fully saturated rings. The molecule has 0 spiro atoms. The van der Waals surface area contributed by atoms with Crippen molar-refractivity contribution in [3.8, 4) is 5.75 Å². The highest BCUT2D eigenvalue weighted by Crippen LogP contribution is 2.32. The molecule has 0 radical (unpaired) electrons. The third-order valence-electron chi connectivity index (χ3n) is 2.31. The molecular weight excluding hydrogens is 288 g/mol. The van der Waals surface area contributed by atoms with E-state index in [1.807, 2.05) is 0 Å². The van der Waals surface area contributed by atoms with Crippen LogP contribution < -0.4 is 5.56 Å². The number of azo groups is 1. The first-order chi connectivity index (χ1) is 9.49. The molecule has 0 saturated carbocycles. The standard InChI is InChI=1S/C11H7ClN4O4/c12-6-1-2-7(9(5-6)16(19)20)14-15-8-3-4-13-11(18)10(8)17/h1-5,17H,(H,13,18). The Labute approximate surface area is 116 Å². The Morgan fingerprint density at radius 1 is 1.25 bits per heavy atom. The number of halogens is 1. The highest BCUT2D eigenvalue weighted by molar-refractivity contribution is 6.30. The zero-order valence-electron chi connectivity index (χ0n) is 9.78. The third-order valence-corrected chi connectivity index (χ3v) is 2.55. The van der Waals surface area contributed by atoms with Crippen molar-refractivity contribution in [1.29, 1.82) is 0 Å². The Balaban J connectivity index is 2.44. The van der Waals surface area contributed by atoms with Crippen LogP contribution in [0, 0.1) is 10.1 Å². The lowest BCUT2D eigenvalue weighted by atomic mass is 10.3. The number of nitro benzene ring substituents is 1. The number of aromatic nitrogens is 1.